The summed E-state index contributed by atoms with van der Waals surface area (Å²) in [5.74, 6) is -0.200. The number of hydrogen-bond donors (Lipinski definition) is 1. The predicted octanol–water partition coefficient (Wildman–Crippen LogP) is 4.38. The molecule has 0 saturated heterocycles. The van der Waals surface area contributed by atoms with Gasteiger partial charge in [0.2, 0.25) is 21.8 Å². The molecule has 0 radical (unpaired) electrons. The van der Waals surface area contributed by atoms with Crippen molar-refractivity contribution >= 4 is 39.1 Å². The van der Waals surface area contributed by atoms with E-state index >= 15 is 0 Å². The van der Waals surface area contributed by atoms with E-state index in [0.717, 1.165) is 17.4 Å². The van der Waals surface area contributed by atoms with E-state index in [1.807, 2.05) is 51.1 Å². The molecule has 0 aliphatic rings. The van der Waals surface area contributed by atoms with Crippen molar-refractivity contribution in [1.29, 1.82) is 0 Å². The van der Waals surface area contributed by atoms with E-state index in [2.05, 4.69) is 5.32 Å². The van der Waals surface area contributed by atoms with Crippen LogP contribution in [0.5, 0.6) is 0 Å². The molecule has 0 unspecified atom stereocenters. The van der Waals surface area contributed by atoms with Crippen molar-refractivity contribution in [3.8, 4) is 0 Å². The van der Waals surface area contributed by atoms with Gasteiger partial charge in [-0.2, -0.15) is 0 Å². The molecule has 35 heavy (non-hydrogen) atoms. The maximum atomic E-state index is 13.3. The Morgan fingerprint density at radius 3 is 2.23 bits per heavy atom. The third kappa shape index (κ3) is 8.85. The Hall–Kier alpha value is -2.58. The number of anilines is 1. The second kappa shape index (κ2) is 12.9. The first-order chi connectivity index (χ1) is 16.4. The zero-order chi connectivity index (χ0) is 26.2. The minimum atomic E-state index is -3.52. The second-order valence-electron chi connectivity index (χ2n) is 9.20. The van der Waals surface area contributed by atoms with Crippen LogP contribution >= 0.6 is 11.6 Å². The highest BCUT2D eigenvalue weighted by atomic mass is 35.5. The summed E-state index contributed by atoms with van der Waals surface area (Å²) in [7, 11) is -3.52. The van der Waals surface area contributed by atoms with Crippen LogP contribution in [0, 0.1) is 12.8 Å². The maximum Gasteiger partial charge on any atom is 0.242 e. The minimum absolute atomic E-state index is 0.0874. The lowest BCUT2D eigenvalue weighted by Gasteiger charge is -2.30. The minimum Gasteiger partial charge on any atom is -0.354 e. The van der Waals surface area contributed by atoms with Crippen LogP contribution in [0.15, 0.2) is 48.5 Å². The first kappa shape index (κ1) is 28.7. The van der Waals surface area contributed by atoms with Crippen molar-refractivity contribution in [3.63, 3.8) is 0 Å². The molecule has 0 fully saturated rings. The summed E-state index contributed by atoms with van der Waals surface area (Å²) >= 11 is 6.32. The number of amides is 2. The lowest BCUT2D eigenvalue weighted by molar-refractivity contribution is -0.140. The summed E-state index contributed by atoms with van der Waals surface area (Å²) in [6.07, 6.45) is 1.54. The topological polar surface area (TPSA) is 86.8 Å². The number of nitrogens with zero attached hydrogens (tertiary/aromatic N) is 2. The number of carbonyl (C=O) groups excluding carboxylic acids is 2. The normalized spacial score (nSPS) is 12.3. The van der Waals surface area contributed by atoms with Gasteiger partial charge in [-0.25, -0.2) is 8.42 Å². The number of carbonyl (C=O) groups is 2. The van der Waals surface area contributed by atoms with Crippen molar-refractivity contribution in [1.82, 2.24) is 10.2 Å². The van der Waals surface area contributed by atoms with Crippen molar-refractivity contribution in [2.45, 2.75) is 53.1 Å². The average molecular weight is 522 g/mol. The molecule has 0 saturated carbocycles. The number of hydrogen-bond acceptors (Lipinski definition) is 4. The molecular weight excluding hydrogens is 486 g/mol. The Morgan fingerprint density at radius 2 is 1.66 bits per heavy atom. The van der Waals surface area contributed by atoms with Crippen LogP contribution < -0.4 is 9.62 Å². The van der Waals surface area contributed by atoms with Crippen LogP contribution in [0.1, 0.15) is 44.7 Å². The third-order valence-electron chi connectivity index (χ3n) is 5.62. The van der Waals surface area contributed by atoms with Gasteiger partial charge in [-0.15, -0.1) is 0 Å². The quantitative estimate of drug-likeness (QED) is 0.449. The average Bonchev–Trinajstić information content (AvgIpc) is 2.79. The molecule has 0 aliphatic carbocycles. The molecule has 2 aromatic rings. The van der Waals surface area contributed by atoms with Crippen molar-refractivity contribution < 1.29 is 18.0 Å². The molecule has 7 nitrogen and oxygen atoms in total. The van der Waals surface area contributed by atoms with E-state index in [0.29, 0.717) is 23.7 Å². The van der Waals surface area contributed by atoms with Gasteiger partial charge in [0, 0.05) is 31.1 Å². The smallest absolute Gasteiger partial charge is 0.242 e. The van der Waals surface area contributed by atoms with Crippen LogP contribution in [0.4, 0.5) is 5.69 Å². The van der Waals surface area contributed by atoms with Gasteiger partial charge in [-0.3, -0.25) is 13.9 Å². The van der Waals surface area contributed by atoms with E-state index in [1.165, 1.54) is 9.21 Å². The highest BCUT2D eigenvalue weighted by Gasteiger charge is 2.27. The van der Waals surface area contributed by atoms with Gasteiger partial charge in [0.05, 0.1) is 11.9 Å². The van der Waals surface area contributed by atoms with Crippen molar-refractivity contribution in [2.24, 2.45) is 5.92 Å². The highest BCUT2D eigenvalue weighted by Crippen LogP contribution is 2.21. The van der Waals surface area contributed by atoms with E-state index in [-0.39, 0.29) is 37.2 Å². The van der Waals surface area contributed by atoms with Gasteiger partial charge in [-0.1, -0.05) is 61.3 Å². The molecule has 0 aliphatic heterocycles. The molecule has 192 valence electrons. The van der Waals surface area contributed by atoms with Gasteiger partial charge < -0.3 is 10.2 Å². The van der Waals surface area contributed by atoms with Gasteiger partial charge in [0.25, 0.3) is 0 Å². The zero-order valence-corrected chi connectivity index (χ0v) is 22.7. The van der Waals surface area contributed by atoms with Crippen LogP contribution in [0.2, 0.25) is 5.02 Å². The number of rotatable bonds is 12. The summed E-state index contributed by atoms with van der Waals surface area (Å²) in [6.45, 7) is 8.47. The van der Waals surface area contributed by atoms with E-state index in [1.54, 1.807) is 25.1 Å². The second-order valence-corrected chi connectivity index (χ2v) is 11.5. The first-order valence-corrected chi connectivity index (χ1v) is 14.0. The maximum absolute atomic E-state index is 13.3. The van der Waals surface area contributed by atoms with Gasteiger partial charge in [-0.05, 0) is 49.9 Å². The molecular formula is C26H36ClN3O4S. The number of sulfonamides is 1. The fourth-order valence-electron chi connectivity index (χ4n) is 3.56. The Kier molecular flexibility index (Phi) is 10.6. The summed E-state index contributed by atoms with van der Waals surface area (Å²) in [5, 5.41) is 3.40. The highest BCUT2D eigenvalue weighted by molar-refractivity contribution is 7.92. The predicted molar refractivity (Wildman–Crippen MR) is 142 cm³/mol. The summed E-state index contributed by atoms with van der Waals surface area (Å²) in [6, 6.07) is 13.7. The van der Waals surface area contributed by atoms with Crippen LogP contribution in [-0.4, -0.2) is 50.5 Å². The lowest BCUT2D eigenvalue weighted by Crippen LogP contribution is -2.48. The van der Waals surface area contributed by atoms with E-state index in [4.69, 9.17) is 11.6 Å². The molecule has 2 rings (SSSR count). The SMILES string of the molecule is Cc1ccc(N(CCCC(=O)N(Cc2ccccc2Cl)[C@@H](C)C(=O)NCC(C)C)S(C)(=O)=O)cc1. The summed E-state index contributed by atoms with van der Waals surface area (Å²) < 4.78 is 26.1. The Labute approximate surface area is 214 Å². The van der Waals surface area contributed by atoms with E-state index < -0.39 is 16.1 Å². The summed E-state index contributed by atoms with van der Waals surface area (Å²) in [5.41, 5.74) is 2.32. The number of nitrogens with one attached hydrogen (secondary N) is 1. The molecule has 9 heteroatoms. The zero-order valence-electron chi connectivity index (χ0n) is 21.1. The fourth-order valence-corrected chi connectivity index (χ4v) is 4.72. The van der Waals surface area contributed by atoms with Crippen LogP contribution in [0.25, 0.3) is 0 Å². The first-order valence-electron chi connectivity index (χ1n) is 11.7. The monoisotopic (exact) mass is 521 g/mol. The van der Waals surface area contributed by atoms with Crippen LogP contribution in [0.3, 0.4) is 0 Å². The fraction of sp³-hybridized carbons (Fsp3) is 0.462. The van der Waals surface area contributed by atoms with Gasteiger partial charge in [0.1, 0.15) is 6.04 Å². The Balaban J connectivity index is 2.16. The van der Waals surface area contributed by atoms with Gasteiger partial charge in [0.15, 0.2) is 0 Å². The number of benzene rings is 2. The van der Waals surface area contributed by atoms with Crippen LogP contribution in [-0.2, 0) is 26.2 Å². The number of aryl methyl sites for hydroxylation is 1. The molecule has 0 heterocycles. The third-order valence-corrected chi connectivity index (χ3v) is 7.19. The van der Waals surface area contributed by atoms with Crippen molar-refractivity contribution in [2.75, 3.05) is 23.7 Å². The molecule has 0 bridgehead atoms. The summed E-state index contributed by atoms with van der Waals surface area (Å²) in [4.78, 5) is 27.6. The number of halogens is 1. The van der Waals surface area contributed by atoms with Gasteiger partial charge >= 0.3 is 0 Å². The van der Waals surface area contributed by atoms with Crippen molar-refractivity contribution in [3.05, 3.63) is 64.7 Å². The molecule has 1 N–H and O–H groups in total. The largest absolute Gasteiger partial charge is 0.354 e. The lowest BCUT2D eigenvalue weighted by atomic mass is 10.1. The molecule has 1 atom stereocenters. The molecule has 2 aromatic carbocycles. The molecule has 2 amide bonds. The standard InChI is InChI=1S/C26H36ClN3O4S/c1-19(2)17-28-26(32)21(4)29(18-22-9-6-7-10-24(22)27)25(31)11-8-16-30(35(5,33)34)23-14-12-20(3)13-15-23/h6-7,9-10,12-15,19,21H,8,11,16-18H2,1-5H3,(H,28,32)/t21-/m0/s1. The molecule has 0 aromatic heterocycles. The van der Waals surface area contributed by atoms with E-state index in [9.17, 15) is 18.0 Å². The molecule has 0 spiro atoms. The Bertz CT molecular complexity index is 1100. The Morgan fingerprint density at radius 1 is 1.03 bits per heavy atom.